The van der Waals surface area contributed by atoms with Crippen molar-refractivity contribution in [3.05, 3.63) is 0 Å². The van der Waals surface area contributed by atoms with Crippen LogP contribution in [0.1, 0.15) is 132 Å². The normalized spacial score (nSPS) is 21.9. The van der Waals surface area contributed by atoms with E-state index in [9.17, 15) is 0 Å². The summed E-state index contributed by atoms with van der Waals surface area (Å²) in [7, 11) is 2.58. The second-order valence-corrected chi connectivity index (χ2v) is 11.4. The number of hydrogen-bond donors (Lipinski definition) is 0. The molecule has 0 aromatic carbocycles. The average molecular weight is 409 g/mol. The van der Waals surface area contributed by atoms with Crippen molar-refractivity contribution in [1.29, 1.82) is 0 Å². The van der Waals surface area contributed by atoms with Crippen molar-refractivity contribution >= 4 is 0 Å². The molecule has 0 saturated heterocycles. The summed E-state index contributed by atoms with van der Waals surface area (Å²) in [4.78, 5) is 0. The minimum atomic E-state index is 0.742. The lowest BCUT2D eigenvalue weighted by atomic mass is 9.84. The molecule has 29 heavy (non-hydrogen) atoms. The number of rotatable bonds is 18. The molecule has 1 nitrogen and oxygen atoms in total. The molecule has 0 radical (unpaired) electrons. The Morgan fingerprint density at radius 1 is 0.828 bits per heavy atom. The molecule has 1 saturated carbocycles. The highest BCUT2D eigenvalue weighted by Crippen LogP contribution is 2.56. The van der Waals surface area contributed by atoms with Gasteiger partial charge in [-0.15, -0.1) is 0 Å². The largest absolute Gasteiger partial charge is 0.324 e. The molecular formula is C28H58N+. The fourth-order valence-corrected chi connectivity index (χ4v) is 6.04. The van der Waals surface area contributed by atoms with Crippen molar-refractivity contribution in [2.75, 3.05) is 20.1 Å². The molecule has 0 N–H and O–H groups in total. The van der Waals surface area contributed by atoms with E-state index in [2.05, 4.69) is 55.5 Å². The van der Waals surface area contributed by atoms with Crippen LogP contribution in [0.5, 0.6) is 0 Å². The summed E-state index contributed by atoms with van der Waals surface area (Å²) in [5.74, 6) is 2.75. The maximum atomic E-state index is 2.58. The summed E-state index contributed by atoms with van der Waals surface area (Å²) in [6.45, 7) is 19.9. The van der Waals surface area contributed by atoms with Gasteiger partial charge in [-0.3, -0.25) is 0 Å². The summed E-state index contributed by atoms with van der Waals surface area (Å²) < 4.78 is 1.31. The van der Waals surface area contributed by atoms with Crippen LogP contribution in [0.15, 0.2) is 0 Å². The second-order valence-electron chi connectivity index (χ2n) is 11.4. The van der Waals surface area contributed by atoms with Crippen LogP contribution in [-0.4, -0.2) is 30.7 Å². The van der Waals surface area contributed by atoms with Crippen molar-refractivity contribution in [1.82, 2.24) is 0 Å². The van der Waals surface area contributed by atoms with Gasteiger partial charge in [0.05, 0.1) is 26.2 Å². The monoisotopic (exact) mass is 408 g/mol. The molecule has 0 aromatic heterocycles. The molecule has 0 heterocycles. The fourth-order valence-electron chi connectivity index (χ4n) is 6.04. The minimum Gasteiger partial charge on any atom is -0.324 e. The highest BCUT2D eigenvalue weighted by Gasteiger charge is 2.44. The Balaban J connectivity index is 2.57. The van der Waals surface area contributed by atoms with Gasteiger partial charge in [0.25, 0.3) is 0 Å². The SMILES string of the molecule is CCCCC(CC)CC(C)C[N+](C)(CCCC)C(C)CCCC(C)C1(CC)CC1. The molecule has 1 heteroatoms. The van der Waals surface area contributed by atoms with Gasteiger partial charge in [0.2, 0.25) is 0 Å². The van der Waals surface area contributed by atoms with Gasteiger partial charge < -0.3 is 4.48 Å². The van der Waals surface area contributed by atoms with Gasteiger partial charge in [-0.05, 0) is 69.1 Å². The lowest BCUT2D eigenvalue weighted by molar-refractivity contribution is -0.935. The molecule has 5 unspecified atom stereocenters. The van der Waals surface area contributed by atoms with E-state index in [0.29, 0.717) is 0 Å². The lowest BCUT2D eigenvalue weighted by Gasteiger charge is -2.43. The van der Waals surface area contributed by atoms with Crippen LogP contribution in [-0.2, 0) is 0 Å². The van der Waals surface area contributed by atoms with Crippen molar-refractivity contribution in [2.45, 2.75) is 138 Å². The Kier molecular flexibility index (Phi) is 12.5. The predicted octanol–water partition coefficient (Wildman–Crippen LogP) is 8.86. The highest BCUT2D eigenvalue weighted by molar-refractivity contribution is 4.95. The molecule has 0 bridgehead atoms. The zero-order valence-electron chi connectivity index (χ0n) is 21.9. The van der Waals surface area contributed by atoms with Crippen molar-refractivity contribution in [3.63, 3.8) is 0 Å². The van der Waals surface area contributed by atoms with Crippen LogP contribution in [0.3, 0.4) is 0 Å². The maximum Gasteiger partial charge on any atom is 0.0859 e. The summed E-state index contributed by atoms with van der Waals surface area (Å²) in [5, 5.41) is 0. The molecule has 0 spiro atoms. The third kappa shape index (κ3) is 8.92. The average Bonchev–Trinajstić information content (AvgIpc) is 3.50. The second kappa shape index (κ2) is 13.4. The van der Waals surface area contributed by atoms with Gasteiger partial charge in [0.1, 0.15) is 0 Å². The van der Waals surface area contributed by atoms with E-state index in [4.69, 9.17) is 0 Å². The standard InChI is InChI=1S/C28H58N/c1-9-13-18-27(11-3)22-24(5)23-29(8,21-14-10-2)26(7)17-15-16-25(6)28(12-4)19-20-28/h24-27H,9-23H2,1-8H3/q+1. The van der Waals surface area contributed by atoms with Crippen LogP contribution >= 0.6 is 0 Å². The number of quaternary nitrogens is 1. The van der Waals surface area contributed by atoms with E-state index < -0.39 is 0 Å². The highest BCUT2D eigenvalue weighted by atomic mass is 15.4. The van der Waals surface area contributed by atoms with Gasteiger partial charge in [-0.2, -0.15) is 0 Å². The first kappa shape index (κ1) is 27.0. The minimum absolute atomic E-state index is 0.742. The smallest absolute Gasteiger partial charge is 0.0859 e. The van der Waals surface area contributed by atoms with Crippen molar-refractivity contribution < 1.29 is 4.48 Å². The Hall–Kier alpha value is -0.0400. The Morgan fingerprint density at radius 2 is 1.48 bits per heavy atom. The van der Waals surface area contributed by atoms with Gasteiger partial charge in [-0.1, -0.05) is 80.1 Å². The van der Waals surface area contributed by atoms with Crippen LogP contribution in [0.2, 0.25) is 0 Å². The first-order chi connectivity index (χ1) is 13.8. The maximum absolute atomic E-state index is 2.58. The van der Waals surface area contributed by atoms with Crippen LogP contribution in [0.25, 0.3) is 0 Å². The van der Waals surface area contributed by atoms with Gasteiger partial charge in [-0.25, -0.2) is 0 Å². The molecule has 1 aliphatic rings. The molecule has 1 aliphatic carbocycles. The summed E-state index contributed by atoms with van der Waals surface area (Å²) in [6, 6.07) is 0.809. The number of nitrogens with zero attached hydrogens (tertiary/aromatic N) is 1. The molecule has 174 valence electrons. The molecule has 1 fully saturated rings. The third-order valence-electron chi connectivity index (χ3n) is 9.00. The zero-order valence-corrected chi connectivity index (χ0v) is 21.9. The molecule has 0 amide bonds. The van der Waals surface area contributed by atoms with E-state index in [0.717, 1.165) is 29.2 Å². The Bertz CT molecular complexity index is 413. The van der Waals surface area contributed by atoms with Crippen molar-refractivity contribution in [3.8, 4) is 0 Å². The lowest BCUT2D eigenvalue weighted by Crippen LogP contribution is -2.53. The first-order valence-corrected chi connectivity index (χ1v) is 13.6. The van der Waals surface area contributed by atoms with E-state index in [1.807, 2.05) is 0 Å². The fraction of sp³-hybridized carbons (Fsp3) is 1.00. The van der Waals surface area contributed by atoms with Crippen LogP contribution < -0.4 is 0 Å². The van der Waals surface area contributed by atoms with E-state index in [1.165, 1.54) is 101 Å². The van der Waals surface area contributed by atoms with Crippen molar-refractivity contribution in [2.24, 2.45) is 23.2 Å². The van der Waals surface area contributed by atoms with Gasteiger partial charge in [0.15, 0.2) is 0 Å². The molecule has 1 rings (SSSR count). The molecule has 5 atom stereocenters. The predicted molar refractivity (Wildman–Crippen MR) is 132 cm³/mol. The number of unbranched alkanes of at least 4 members (excludes halogenated alkanes) is 2. The van der Waals surface area contributed by atoms with Crippen LogP contribution in [0, 0.1) is 23.2 Å². The van der Waals surface area contributed by atoms with Gasteiger partial charge >= 0.3 is 0 Å². The molecular weight excluding hydrogens is 350 g/mol. The summed E-state index contributed by atoms with van der Waals surface area (Å²) in [5.41, 5.74) is 0.742. The quantitative estimate of drug-likeness (QED) is 0.199. The van der Waals surface area contributed by atoms with Crippen LogP contribution in [0.4, 0.5) is 0 Å². The first-order valence-electron chi connectivity index (χ1n) is 13.6. The van der Waals surface area contributed by atoms with E-state index in [-0.39, 0.29) is 0 Å². The Labute approximate surface area is 186 Å². The van der Waals surface area contributed by atoms with E-state index in [1.54, 1.807) is 0 Å². The third-order valence-corrected chi connectivity index (χ3v) is 9.00. The molecule has 0 aliphatic heterocycles. The molecule has 0 aromatic rings. The summed E-state index contributed by atoms with van der Waals surface area (Å²) in [6.07, 6.45) is 18.5. The summed E-state index contributed by atoms with van der Waals surface area (Å²) >= 11 is 0. The van der Waals surface area contributed by atoms with E-state index >= 15 is 0 Å². The van der Waals surface area contributed by atoms with Gasteiger partial charge in [0, 0.05) is 5.92 Å². The number of hydrogen-bond acceptors (Lipinski definition) is 0. The zero-order chi connectivity index (χ0) is 21.9. The topological polar surface area (TPSA) is 0 Å². The Morgan fingerprint density at radius 3 is 2.00 bits per heavy atom.